The van der Waals surface area contributed by atoms with Crippen LogP contribution in [0.1, 0.15) is 49.6 Å². The lowest BCUT2D eigenvalue weighted by Gasteiger charge is -2.22. The van der Waals surface area contributed by atoms with E-state index in [2.05, 4.69) is 6.92 Å². The van der Waals surface area contributed by atoms with Crippen molar-refractivity contribution in [2.75, 3.05) is 6.54 Å². The highest BCUT2D eigenvalue weighted by atomic mass is 32.2. The monoisotopic (exact) mass is 311 g/mol. The van der Waals surface area contributed by atoms with Gasteiger partial charge in [0.2, 0.25) is 10.0 Å². The molecule has 0 bridgehead atoms. The summed E-state index contributed by atoms with van der Waals surface area (Å²) in [6, 6.07) is 1.84. The molecule has 21 heavy (non-hydrogen) atoms. The van der Waals surface area contributed by atoms with Crippen LogP contribution >= 0.6 is 0 Å². The molecular weight excluding hydrogens is 290 g/mol. The van der Waals surface area contributed by atoms with Gasteiger partial charge >= 0.3 is 0 Å². The molecule has 1 saturated carbocycles. The molecule has 2 aliphatic rings. The minimum atomic E-state index is -3.78. The largest absolute Gasteiger partial charge is 0.339 e. The van der Waals surface area contributed by atoms with Gasteiger partial charge in [-0.25, -0.2) is 13.6 Å². The number of carbonyl (C=O) groups excluding carboxylic acids is 1. The van der Waals surface area contributed by atoms with Gasteiger partial charge in [0, 0.05) is 24.8 Å². The molecule has 1 aromatic heterocycles. The van der Waals surface area contributed by atoms with Crippen molar-refractivity contribution in [1.29, 1.82) is 0 Å². The zero-order valence-electron chi connectivity index (χ0n) is 12.3. The van der Waals surface area contributed by atoms with Crippen LogP contribution in [0.25, 0.3) is 0 Å². The van der Waals surface area contributed by atoms with Gasteiger partial charge in [0.25, 0.3) is 5.91 Å². The Morgan fingerprint density at radius 2 is 2.00 bits per heavy atom. The number of hydrogen-bond donors (Lipinski definition) is 1. The SMILES string of the molecule is CC1CC(C)N(C(=O)c2cc(S(N)(=O)=O)cn2C2CC2)C1. The van der Waals surface area contributed by atoms with Gasteiger partial charge in [0.05, 0.1) is 0 Å². The normalized spacial score (nSPS) is 26.3. The third-order valence-corrected chi connectivity index (χ3v) is 5.24. The number of hydrogen-bond acceptors (Lipinski definition) is 3. The number of amides is 1. The first-order chi connectivity index (χ1) is 9.77. The Balaban J connectivity index is 1.97. The molecule has 2 N–H and O–H groups in total. The van der Waals surface area contributed by atoms with E-state index in [0.29, 0.717) is 11.6 Å². The van der Waals surface area contributed by atoms with Crippen molar-refractivity contribution in [3.05, 3.63) is 18.0 Å². The number of nitrogens with two attached hydrogens (primary N) is 1. The summed E-state index contributed by atoms with van der Waals surface area (Å²) >= 11 is 0. The molecule has 1 aromatic rings. The van der Waals surface area contributed by atoms with Crippen LogP contribution in [0.3, 0.4) is 0 Å². The van der Waals surface area contributed by atoms with Gasteiger partial charge in [-0.3, -0.25) is 4.79 Å². The summed E-state index contributed by atoms with van der Waals surface area (Å²) < 4.78 is 24.9. The van der Waals surface area contributed by atoms with Gasteiger partial charge in [-0.15, -0.1) is 0 Å². The van der Waals surface area contributed by atoms with Crippen LogP contribution in [-0.2, 0) is 10.0 Å². The fourth-order valence-electron chi connectivity index (χ4n) is 3.17. The quantitative estimate of drug-likeness (QED) is 0.914. The molecule has 1 aliphatic carbocycles. The molecule has 0 aromatic carbocycles. The smallest absolute Gasteiger partial charge is 0.270 e. The van der Waals surface area contributed by atoms with Crippen LogP contribution in [0.15, 0.2) is 17.2 Å². The van der Waals surface area contributed by atoms with Crippen LogP contribution in [0.4, 0.5) is 0 Å². The molecule has 2 unspecified atom stereocenters. The third kappa shape index (κ3) is 2.72. The number of carbonyl (C=O) groups is 1. The van der Waals surface area contributed by atoms with Crippen LogP contribution in [-0.4, -0.2) is 36.4 Å². The molecule has 6 nitrogen and oxygen atoms in total. The van der Waals surface area contributed by atoms with Crippen LogP contribution < -0.4 is 5.14 Å². The fourth-order valence-corrected chi connectivity index (χ4v) is 3.70. The molecule has 2 heterocycles. The Bertz CT molecular complexity index is 676. The predicted molar refractivity (Wildman–Crippen MR) is 78.4 cm³/mol. The molecule has 0 spiro atoms. The van der Waals surface area contributed by atoms with E-state index >= 15 is 0 Å². The minimum Gasteiger partial charge on any atom is -0.339 e. The van der Waals surface area contributed by atoms with Crippen molar-refractivity contribution in [2.45, 2.75) is 50.1 Å². The minimum absolute atomic E-state index is 0.0256. The summed E-state index contributed by atoms with van der Waals surface area (Å²) in [7, 11) is -3.78. The van der Waals surface area contributed by atoms with E-state index in [1.54, 1.807) is 4.57 Å². The number of aromatic nitrogens is 1. The predicted octanol–water partition coefficient (Wildman–Crippen LogP) is 1.34. The first kappa shape index (κ1) is 14.6. The Hall–Kier alpha value is -1.34. The average Bonchev–Trinajstić information content (AvgIpc) is 3.02. The molecule has 1 amide bonds. The Labute approximate surface area is 125 Å². The molecule has 1 saturated heterocycles. The van der Waals surface area contributed by atoms with Gasteiger partial charge in [0.15, 0.2) is 0 Å². The van der Waals surface area contributed by atoms with Crippen molar-refractivity contribution in [1.82, 2.24) is 9.47 Å². The maximum atomic E-state index is 12.8. The van der Waals surface area contributed by atoms with E-state index in [-0.39, 0.29) is 22.9 Å². The van der Waals surface area contributed by atoms with E-state index in [1.165, 1.54) is 12.3 Å². The first-order valence-corrected chi connectivity index (χ1v) is 8.87. The summed E-state index contributed by atoms with van der Waals surface area (Å²) in [5, 5.41) is 5.20. The van der Waals surface area contributed by atoms with Gasteiger partial charge in [-0.05, 0) is 38.2 Å². The lowest BCUT2D eigenvalue weighted by atomic mass is 10.1. The molecule has 0 radical (unpaired) electrons. The Kier molecular flexibility index (Phi) is 3.37. The topological polar surface area (TPSA) is 85.4 Å². The van der Waals surface area contributed by atoms with E-state index in [9.17, 15) is 13.2 Å². The molecule has 1 aliphatic heterocycles. The highest BCUT2D eigenvalue weighted by molar-refractivity contribution is 7.89. The van der Waals surface area contributed by atoms with E-state index in [4.69, 9.17) is 5.14 Å². The number of likely N-dealkylation sites (tertiary alicyclic amines) is 1. The second kappa shape index (κ2) is 4.84. The zero-order valence-corrected chi connectivity index (χ0v) is 13.1. The fraction of sp³-hybridized carbons (Fsp3) is 0.643. The lowest BCUT2D eigenvalue weighted by molar-refractivity contribution is 0.0732. The molecule has 2 atom stereocenters. The highest BCUT2D eigenvalue weighted by Gasteiger charge is 2.35. The summed E-state index contributed by atoms with van der Waals surface area (Å²) in [5.74, 6) is 0.389. The maximum absolute atomic E-state index is 12.8. The van der Waals surface area contributed by atoms with Crippen LogP contribution in [0, 0.1) is 5.92 Å². The highest BCUT2D eigenvalue weighted by Crippen LogP contribution is 2.38. The number of primary sulfonamides is 1. The summed E-state index contributed by atoms with van der Waals surface area (Å²) in [6.07, 6.45) is 4.44. The summed E-state index contributed by atoms with van der Waals surface area (Å²) in [4.78, 5) is 14.6. The number of sulfonamides is 1. The van der Waals surface area contributed by atoms with Gasteiger partial charge in [-0.1, -0.05) is 6.92 Å². The van der Waals surface area contributed by atoms with Crippen LogP contribution in [0.5, 0.6) is 0 Å². The number of rotatable bonds is 3. The van der Waals surface area contributed by atoms with Crippen molar-refractivity contribution < 1.29 is 13.2 Å². The lowest BCUT2D eigenvalue weighted by Crippen LogP contribution is -2.35. The first-order valence-electron chi connectivity index (χ1n) is 7.33. The molecule has 3 rings (SSSR count). The van der Waals surface area contributed by atoms with Crippen molar-refractivity contribution in [3.8, 4) is 0 Å². The molecular formula is C14H21N3O3S. The maximum Gasteiger partial charge on any atom is 0.270 e. The third-order valence-electron chi connectivity index (χ3n) is 4.36. The summed E-state index contributed by atoms with van der Waals surface area (Å²) in [6.45, 7) is 4.88. The van der Waals surface area contributed by atoms with E-state index in [0.717, 1.165) is 25.8 Å². The van der Waals surface area contributed by atoms with Gasteiger partial charge in [0.1, 0.15) is 10.6 Å². The Morgan fingerprint density at radius 3 is 2.48 bits per heavy atom. The summed E-state index contributed by atoms with van der Waals surface area (Å²) in [5.41, 5.74) is 0.447. The number of nitrogens with zero attached hydrogens (tertiary/aromatic N) is 2. The average molecular weight is 311 g/mol. The van der Waals surface area contributed by atoms with Gasteiger partial charge in [-0.2, -0.15) is 0 Å². The standard InChI is InChI=1S/C14H21N3O3S/c1-9-5-10(2)16(7-9)14(18)13-6-12(21(15,19)20)8-17(13)11-3-4-11/h6,8-11H,3-5,7H2,1-2H3,(H2,15,19,20). The molecule has 116 valence electrons. The molecule has 2 fully saturated rings. The second-order valence-electron chi connectivity index (χ2n) is 6.39. The van der Waals surface area contributed by atoms with Crippen molar-refractivity contribution in [2.24, 2.45) is 11.1 Å². The molecule has 7 heteroatoms. The zero-order chi connectivity index (χ0) is 15.4. The second-order valence-corrected chi connectivity index (χ2v) is 7.95. The van der Waals surface area contributed by atoms with Crippen LogP contribution in [0.2, 0.25) is 0 Å². The van der Waals surface area contributed by atoms with Crippen molar-refractivity contribution >= 4 is 15.9 Å². The van der Waals surface area contributed by atoms with Gasteiger partial charge < -0.3 is 9.47 Å². The van der Waals surface area contributed by atoms with Crippen molar-refractivity contribution in [3.63, 3.8) is 0 Å². The Morgan fingerprint density at radius 1 is 1.33 bits per heavy atom. The van der Waals surface area contributed by atoms with E-state index in [1.807, 2.05) is 11.8 Å². The van der Waals surface area contributed by atoms with E-state index < -0.39 is 10.0 Å².